The number of methoxy groups -OCH3 is 1. The van der Waals surface area contributed by atoms with E-state index in [1.54, 1.807) is 25.5 Å². The number of hydrogen-bond donors (Lipinski definition) is 2. The molecule has 0 radical (unpaired) electrons. The van der Waals surface area contributed by atoms with Crippen molar-refractivity contribution >= 4 is 35.0 Å². The molecule has 1 atom stereocenters. The molecule has 5 nitrogen and oxygen atoms in total. The van der Waals surface area contributed by atoms with E-state index >= 15 is 0 Å². The molecule has 1 amide bonds. The second kappa shape index (κ2) is 7.40. The van der Waals surface area contributed by atoms with Gasteiger partial charge in [-0.3, -0.25) is 4.79 Å². The Morgan fingerprint density at radius 3 is 2.89 bits per heavy atom. The van der Waals surface area contributed by atoms with Crippen LogP contribution in [-0.2, 0) is 9.53 Å². The molecule has 0 aliphatic carbocycles. The maximum atomic E-state index is 11.7. The highest BCUT2D eigenvalue weighted by atomic mass is 32.2. The SMILES string of the molecule is COCCNC(=O)C(C)Sc1csc(C(=O)O)c1. The predicted molar refractivity (Wildman–Crippen MR) is 71.5 cm³/mol. The zero-order valence-electron chi connectivity index (χ0n) is 10.1. The Morgan fingerprint density at radius 1 is 1.61 bits per heavy atom. The van der Waals surface area contributed by atoms with Gasteiger partial charge in [0.2, 0.25) is 5.91 Å². The lowest BCUT2D eigenvalue weighted by Crippen LogP contribution is -2.33. The Labute approximate surface area is 114 Å². The van der Waals surface area contributed by atoms with E-state index in [1.165, 1.54) is 11.8 Å². The van der Waals surface area contributed by atoms with Crippen molar-refractivity contribution in [2.45, 2.75) is 17.1 Å². The standard InChI is InChI=1S/C11H15NO4S2/c1-7(10(13)12-3-4-16-2)18-8-5-9(11(14)15)17-6-8/h5-7H,3-4H2,1-2H3,(H,12,13)(H,14,15). The first-order valence-corrected chi connectivity index (χ1v) is 7.05. The first-order chi connectivity index (χ1) is 8.54. The van der Waals surface area contributed by atoms with Crippen molar-refractivity contribution in [1.82, 2.24) is 5.32 Å². The number of thiophene rings is 1. The second-order valence-corrected chi connectivity index (χ2v) is 5.82. The van der Waals surface area contributed by atoms with Crippen molar-refractivity contribution < 1.29 is 19.4 Å². The molecule has 0 saturated heterocycles. The molecule has 1 rings (SSSR count). The Bertz CT molecular complexity index is 419. The zero-order valence-corrected chi connectivity index (χ0v) is 11.8. The van der Waals surface area contributed by atoms with Gasteiger partial charge in [0, 0.05) is 23.9 Å². The molecule has 1 unspecified atom stereocenters. The number of carbonyl (C=O) groups is 2. The third kappa shape index (κ3) is 4.67. The van der Waals surface area contributed by atoms with Crippen LogP contribution in [0.25, 0.3) is 0 Å². The van der Waals surface area contributed by atoms with Crippen LogP contribution in [0.3, 0.4) is 0 Å². The molecule has 1 aromatic rings. The lowest BCUT2D eigenvalue weighted by molar-refractivity contribution is -0.120. The minimum Gasteiger partial charge on any atom is -0.477 e. The Hall–Kier alpha value is -1.05. The molecule has 18 heavy (non-hydrogen) atoms. The summed E-state index contributed by atoms with van der Waals surface area (Å²) >= 11 is 2.50. The van der Waals surface area contributed by atoms with Gasteiger partial charge in [-0.1, -0.05) is 0 Å². The van der Waals surface area contributed by atoms with E-state index in [-0.39, 0.29) is 16.0 Å². The maximum Gasteiger partial charge on any atom is 0.345 e. The first-order valence-electron chi connectivity index (χ1n) is 5.29. The number of thioether (sulfide) groups is 1. The molecule has 7 heteroatoms. The van der Waals surface area contributed by atoms with Gasteiger partial charge in [0.25, 0.3) is 0 Å². The highest BCUT2D eigenvalue weighted by Gasteiger charge is 2.15. The van der Waals surface area contributed by atoms with Crippen LogP contribution in [0.4, 0.5) is 0 Å². The third-order valence-electron chi connectivity index (χ3n) is 2.07. The summed E-state index contributed by atoms with van der Waals surface area (Å²) in [5, 5.41) is 13.0. The summed E-state index contributed by atoms with van der Waals surface area (Å²) in [5.74, 6) is -1.02. The molecular formula is C11H15NO4S2. The number of carboxylic acids is 1. The molecule has 0 fully saturated rings. The van der Waals surface area contributed by atoms with Gasteiger partial charge < -0.3 is 15.2 Å². The van der Waals surface area contributed by atoms with E-state index in [0.29, 0.717) is 13.2 Å². The minimum atomic E-state index is -0.941. The molecule has 1 heterocycles. The summed E-state index contributed by atoms with van der Waals surface area (Å²) in [4.78, 5) is 23.5. The van der Waals surface area contributed by atoms with Gasteiger partial charge in [-0.2, -0.15) is 0 Å². The fourth-order valence-electron chi connectivity index (χ4n) is 1.17. The molecule has 1 aromatic heterocycles. The summed E-state index contributed by atoms with van der Waals surface area (Å²) in [6.45, 7) is 2.74. The predicted octanol–water partition coefficient (Wildman–Crippen LogP) is 1.69. The molecule has 0 spiro atoms. The smallest absolute Gasteiger partial charge is 0.345 e. The van der Waals surface area contributed by atoms with Crippen LogP contribution in [0.1, 0.15) is 16.6 Å². The van der Waals surface area contributed by atoms with Crippen LogP contribution < -0.4 is 5.32 Å². The van der Waals surface area contributed by atoms with Crippen LogP contribution in [-0.4, -0.2) is 42.5 Å². The summed E-state index contributed by atoms with van der Waals surface area (Å²) < 4.78 is 4.83. The van der Waals surface area contributed by atoms with Crippen LogP contribution in [0, 0.1) is 0 Å². The normalized spacial score (nSPS) is 12.1. The van der Waals surface area contributed by atoms with Crippen LogP contribution in [0.5, 0.6) is 0 Å². The molecule has 0 saturated carbocycles. The van der Waals surface area contributed by atoms with E-state index in [2.05, 4.69) is 5.32 Å². The van der Waals surface area contributed by atoms with E-state index in [0.717, 1.165) is 16.2 Å². The molecule has 2 N–H and O–H groups in total. The van der Waals surface area contributed by atoms with E-state index < -0.39 is 5.97 Å². The molecule has 0 aliphatic heterocycles. The van der Waals surface area contributed by atoms with Crippen molar-refractivity contribution in [3.63, 3.8) is 0 Å². The number of nitrogens with one attached hydrogen (secondary N) is 1. The topological polar surface area (TPSA) is 75.6 Å². The molecule has 100 valence electrons. The lowest BCUT2D eigenvalue weighted by Gasteiger charge is -2.10. The fourth-order valence-corrected chi connectivity index (χ4v) is 3.00. The molecule has 0 aromatic carbocycles. The van der Waals surface area contributed by atoms with Crippen LogP contribution >= 0.6 is 23.1 Å². The summed E-state index contributed by atoms with van der Waals surface area (Å²) in [6, 6.07) is 1.58. The van der Waals surface area contributed by atoms with Crippen molar-refractivity contribution in [3.05, 3.63) is 16.3 Å². The Kier molecular flexibility index (Phi) is 6.17. The lowest BCUT2D eigenvalue weighted by atomic mass is 10.4. The zero-order chi connectivity index (χ0) is 13.5. The average Bonchev–Trinajstić information content (AvgIpc) is 2.77. The summed E-state index contributed by atoms with van der Waals surface area (Å²) in [6.07, 6.45) is 0. The number of rotatable bonds is 7. The molecule has 0 bridgehead atoms. The van der Waals surface area contributed by atoms with Gasteiger partial charge in [0.1, 0.15) is 4.88 Å². The maximum absolute atomic E-state index is 11.7. The largest absolute Gasteiger partial charge is 0.477 e. The van der Waals surface area contributed by atoms with Gasteiger partial charge in [-0.05, 0) is 13.0 Å². The van der Waals surface area contributed by atoms with E-state index in [1.807, 2.05) is 0 Å². The van der Waals surface area contributed by atoms with Gasteiger partial charge in [0.05, 0.1) is 11.9 Å². The van der Waals surface area contributed by atoms with Gasteiger partial charge in [-0.15, -0.1) is 23.1 Å². The number of ether oxygens (including phenoxy) is 1. The number of carboxylic acid groups (broad SMARTS) is 1. The number of hydrogen-bond acceptors (Lipinski definition) is 5. The van der Waals surface area contributed by atoms with Gasteiger partial charge in [0.15, 0.2) is 0 Å². The van der Waals surface area contributed by atoms with Crippen molar-refractivity contribution in [2.75, 3.05) is 20.3 Å². The minimum absolute atomic E-state index is 0.0832. The monoisotopic (exact) mass is 289 g/mol. The number of amides is 1. The van der Waals surface area contributed by atoms with Gasteiger partial charge in [-0.25, -0.2) is 4.79 Å². The quantitative estimate of drug-likeness (QED) is 0.590. The van der Waals surface area contributed by atoms with E-state index in [4.69, 9.17) is 9.84 Å². The summed E-state index contributed by atoms with van der Waals surface area (Å²) in [7, 11) is 1.57. The second-order valence-electron chi connectivity index (χ2n) is 3.50. The van der Waals surface area contributed by atoms with Crippen molar-refractivity contribution in [1.29, 1.82) is 0 Å². The van der Waals surface area contributed by atoms with E-state index in [9.17, 15) is 9.59 Å². The third-order valence-corrected chi connectivity index (χ3v) is 4.22. The molecular weight excluding hydrogens is 274 g/mol. The van der Waals surface area contributed by atoms with Crippen LogP contribution in [0.2, 0.25) is 0 Å². The summed E-state index contributed by atoms with van der Waals surface area (Å²) in [5.41, 5.74) is 0. The fraction of sp³-hybridized carbons (Fsp3) is 0.455. The molecule has 0 aliphatic rings. The average molecular weight is 289 g/mol. The van der Waals surface area contributed by atoms with Gasteiger partial charge >= 0.3 is 5.97 Å². The number of aromatic carboxylic acids is 1. The van der Waals surface area contributed by atoms with Crippen molar-refractivity contribution in [3.8, 4) is 0 Å². The highest BCUT2D eigenvalue weighted by molar-refractivity contribution is 8.00. The Morgan fingerprint density at radius 2 is 2.33 bits per heavy atom. The first kappa shape index (κ1) is 15.0. The number of carbonyl (C=O) groups excluding carboxylic acids is 1. The van der Waals surface area contributed by atoms with Crippen LogP contribution in [0.15, 0.2) is 16.3 Å². The van der Waals surface area contributed by atoms with Crippen molar-refractivity contribution in [2.24, 2.45) is 0 Å². The highest BCUT2D eigenvalue weighted by Crippen LogP contribution is 2.28. The Balaban J connectivity index is 2.45.